The minimum atomic E-state index is -0.474. The van der Waals surface area contributed by atoms with E-state index in [1.807, 2.05) is 6.07 Å². The molecule has 0 radical (unpaired) electrons. The van der Waals surface area contributed by atoms with Crippen molar-refractivity contribution in [3.63, 3.8) is 0 Å². The van der Waals surface area contributed by atoms with Crippen LogP contribution in [0.25, 0.3) is 0 Å². The Bertz CT molecular complexity index is 424. The van der Waals surface area contributed by atoms with Gasteiger partial charge >= 0.3 is 0 Å². The Labute approximate surface area is 111 Å². The van der Waals surface area contributed by atoms with Gasteiger partial charge in [-0.15, -0.1) is 0 Å². The van der Waals surface area contributed by atoms with Gasteiger partial charge in [-0.25, -0.2) is 0 Å². The number of rotatable bonds is 6. The molecule has 0 saturated carbocycles. The van der Waals surface area contributed by atoms with Gasteiger partial charge in [-0.05, 0) is 25.1 Å². The smallest absolute Gasteiger partial charge is 0.237 e. The molecule has 0 aromatic carbocycles. The van der Waals surface area contributed by atoms with Crippen molar-refractivity contribution in [1.82, 2.24) is 10.2 Å². The van der Waals surface area contributed by atoms with E-state index < -0.39 is 5.91 Å². The van der Waals surface area contributed by atoms with Crippen molar-refractivity contribution >= 4 is 11.8 Å². The summed E-state index contributed by atoms with van der Waals surface area (Å²) in [6, 6.07) is 3.70. The van der Waals surface area contributed by atoms with E-state index in [9.17, 15) is 9.59 Å². The fourth-order valence-electron chi connectivity index (χ4n) is 2.32. The van der Waals surface area contributed by atoms with Gasteiger partial charge < -0.3 is 20.4 Å². The molecule has 1 saturated heterocycles. The molecular weight excluding hydrogens is 246 g/mol. The van der Waals surface area contributed by atoms with E-state index in [4.69, 9.17) is 10.2 Å². The van der Waals surface area contributed by atoms with Crippen molar-refractivity contribution in [3.05, 3.63) is 24.2 Å². The molecule has 1 unspecified atom stereocenters. The minimum absolute atomic E-state index is 0.0106. The molecule has 1 aliphatic heterocycles. The average Bonchev–Trinajstić information content (AvgIpc) is 3.05. The maximum absolute atomic E-state index is 12.2. The highest BCUT2D eigenvalue weighted by Gasteiger charge is 2.27. The van der Waals surface area contributed by atoms with Crippen LogP contribution in [0.4, 0.5) is 0 Å². The number of amides is 2. The summed E-state index contributed by atoms with van der Waals surface area (Å²) in [5.74, 6) is 0.249. The maximum atomic E-state index is 12.2. The van der Waals surface area contributed by atoms with Gasteiger partial charge in [0.1, 0.15) is 5.76 Å². The number of carbonyl (C=O) groups is 2. The van der Waals surface area contributed by atoms with Crippen LogP contribution in [0.2, 0.25) is 0 Å². The van der Waals surface area contributed by atoms with Gasteiger partial charge in [0.2, 0.25) is 11.8 Å². The third-order valence-corrected chi connectivity index (χ3v) is 3.29. The number of furan rings is 1. The van der Waals surface area contributed by atoms with E-state index in [1.165, 1.54) is 0 Å². The summed E-state index contributed by atoms with van der Waals surface area (Å²) < 4.78 is 5.20. The third-order valence-electron chi connectivity index (χ3n) is 3.29. The zero-order valence-electron chi connectivity index (χ0n) is 10.8. The molecule has 0 bridgehead atoms. The predicted octanol–water partition coefficient (Wildman–Crippen LogP) is -0.112. The normalized spacial score (nSPS) is 18.4. The van der Waals surface area contributed by atoms with Crippen LogP contribution in [-0.4, -0.2) is 42.4 Å². The van der Waals surface area contributed by atoms with E-state index in [1.54, 1.807) is 17.2 Å². The van der Waals surface area contributed by atoms with Crippen molar-refractivity contribution in [2.75, 3.05) is 19.6 Å². The SMILES string of the molecule is NC(=O)CN(C(=O)CCc1ccco1)C1CCNC1. The fraction of sp³-hybridized carbons (Fsp3) is 0.538. The lowest BCUT2D eigenvalue weighted by atomic mass is 10.1. The third kappa shape index (κ3) is 3.82. The van der Waals surface area contributed by atoms with E-state index in [0.29, 0.717) is 12.8 Å². The summed E-state index contributed by atoms with van der Waals surface area (Å²) in [7, 11) is 0. The quantitative estimate of drug-likeness (QED) is 0.751. The molecule has 6 heteroatoms. The zero-order chi connectivity index (χ0) is 13.7. The Morgan fingerprint density at radius 3 is 2.95 bits per heavy atom. The van der Waals surface area contributed by atoms with Gasteiger partial charge in [0.15, 0.2) is 0 Å². The Balaban J connectivity index is 1.92. The molecule has 0 aliphatic carbocycles. The van der Waals surface area contributed by atoms with Gasteiger partial charge in [0.05, 0.1) is 12.8 Å². The molecular formula is C13H19N3O3. The van der Waals surface area contributed by atoms with Crippen LogP contribution in [0.1, 0.15) is 18.6 Å². The summed E-state index contributed by atoms with van der Waals surface area (Å²) in [5, 5.41) is 3.19. The van der Waals surface area contributed by atoms with E-state index in [0.717, 1.165) is 25.3 Å². The van der Waals surface area contributed by atoms with E-state index >= 15 is 0 Å². The molecule has 3 N–H and O–H groups in total. The number of hydrogen-bond donors (Lipinski definition) is 2. The van der Waals surface area contributed by atoms with Crippen LogP contribution in [-0.2, 0) is 16.0 Å². The number of aryl methyl sites for hydroxylation is 1. The van der Waals surface area contributed by atoms with Crippen LogP contribution in [0.5, 0.6) is 0 Å². The first kappa shape index (κ1) is 13.6. The largest absolute Gasteiger partial charge is 0.469 e. The van der Waals surface area contributed by atoms with Gasteiger partial charge in [-0.1, -0.05) is 0 Å². The van der Waals surface area contributed by atoms with Crippen LogP contribution in [0.3, 0.4) is 0 Å². The summed E-state index contributed by atoms with van der Waals surface area (Å²) in [6.45, 7) is 1.58. The van der Waals surface area contributed by atoms with Crippen molar-refractivity contribution < 1.29 is 14.0 Å². The van der Waals surface area contributed by atoms with Crippen molar-refractivity contribution in [1.29, 1.82) is 0 Å². The number of hydrogen-bond acceptors (Lipinski definition) is 4. The van der Waals surface area contributed by atoms with Crippen molar-refractivity contribution in [2.45, 2.75) is 25.3 Å². The molecule has 19 heavy (non-hydrogen) atoms. The lowest BCUT2D eigenvalue weighted by molar-refractivity contribution is -0.137. The van der Waals surface area contributed by atoms with Crippen LogP contribution in [0.15, 0.2) is 22.8 Å². The van der Waals surface area contributed by atoms with Gasteiger partial charge in [0.25, 0.3) is 0 Å². The van der Waals surface area contributed by atoms with E-state index in [2.05, 4.69) is 5.32 Å². The molecule has 6 nitrogen and oxygen atoms in total. The predicted molar refractivity (Wildman–Crippen MR) is 69.2 cm³/mol. The highest BCUT2D eigenvalue weighted by molar-refractivity contribution is 5.84. The molecule has 1 aliphatic rings. The maximum Gasteiger partial charge on any atom is 0.237 e. The Morgan fingerprint density at radius 2 is 2.37 bits per heavy atom. The molecule has 1 atom stereocenters. The second-order valence-electron chi connectivity index (χ2n) is 4.71. The molecule has 2 rings (SSSR count). The second kappa shape index (κ2) is 6.38. The standard InChI is InChI=1S/C13H19N3O3/c14-12(17)9-16(10-5-6-15-8-10)13(18)4-3-11-2-1-7-19-11/h1-2,7,10,15H,3-6,8-9H2,(H2,14,17). The lowest BCUT2D eigenvalue weighted by Crippen LogP contribution is -2.46. The topological polar surface area (TPSA) is 88.6 Å². The van der Waals surface area contributed by atoms with Gasteiger partial charge in [-0.3, -0.25) is 9.59 Å². The minimum Gasteiger partial charge on any atom is -0.469 e. The molecule has 2 heterocycles. The first-order valence-corrected chi connectivity index (χ1v) is 6.47. The first-order chi connectivity index (χ1) is 9.16. The average molecular weight is 265 g/mol. The number of nitrogens with one attached hydrogen (secondary N) is 1. The lowest BCUT2D eigenvalue weighted by Gasteiger charge is -2.27. The Kier molecular flexibility index (Phi) is 4.57. The first-order valence-electron chi connectivity index (χ1n) is 6.47. The molecule has 0 spiro atoms. The Morgan fingerprint density at radius 1 is 1.53 bits per heavy atom. The number of nitrogens with two attached hydrogens (primary N) is 1. The second-order valence-corrected chi connectivity index (χ2v) is 4.71. The highest BCUT2D eigenvalue weighted by Crippen LogP contribution is 2.12. The van der Waals surface area contributed by atoms with Crippen LogP contribution >= 0.6 is 0 Å². The monoisotopic (exact) mass is 265 g/mol. The number of nitrogens with zero attached hydrogens (tertiary/aromatic N) is 1. The summed E-state index contributed by atoms with van der Waals surface area (Å²) in [6.07, 6.45) is 3.32. The van der Waals surface area contributed by atoms with Gasteiger partial charge in [0, 0.05) is 25.4 Å². The number of primary amides is 1. The summed E-state index contributed by atoms with van der Waals surface area (Å²) in [5.41, 5.74) is 5.22. The number of carbonyl (C=O) groups excluding carboxylic acids is 2. The summed E-state index contributed by atoms with van der Waals surface area (Å²) >= 11 is 0. The fourth-order valence-corrected chi connectivity index (χ4v) is 2.32. The highest BCUT2D eigenvalue weighted by atomic mass is 16.3. The Hall–Kier alpha value is -1.82. The van der Waals surface area contributed by atoms with Crippen LogP contribution in [0, 0.1) is 0 Å². The van der Waals surface area contributed by atoms with Crippen molar-refractivity contribution in [2.24, 2.45) is 5.73 Å². The molecule has 104 valence electrons. The molecule has 2 amide bonds. The molecule has 1 aromatic heterocycles. The zero-order valence-corrected chi connectivity index (χ0v) is 10.8. The summed E-state index contributed by atoms with van der Waals surface area (Å²) in [4.78, 5) is 24.9. The van der Waals surface area contributed by atoms with Crippen LogP contribution < -0.4 is 11.1 Å². The van der Waals surface area contributed by atoms with Gasteiger partial charge in [-0.2, -0.15) is 0 Å². The van der Waals surface area contributed by atoms with Crippen molar-refractivity contribution in [3.8, 4) is 0 Å². The molecule has 1 aromatic rings. The molecule has 1 fully saturated rings. The van der Waals surface area contributed by atoms with E-state index in [-0.39, 0.29) is 18.5 Å².